The number of carbonyl (C=O) groups excluding carboxylic acids is 1. The Bertz CT molecular complexity index is 478. The van der Waals surface area contributed by atoms with E-state index in [1.165, 1.54) is 0 Å². The van der Waals surface area contributed by atoms with Crippen LogP contribution in [0.25, 0.3) is 10.1 Å². The fraction of sp³-hybridized carbons (Fsp3) is 0. The normalized spacial score (nSPS) is 10.6. The molecule has 0 spiro atoms. The third-order valence-corrected chi connectivity index (χ3v) is 3.95. The van der Waals surface area contributed by atoms with Gasteiger partial charge in [-0.1, -0.05) is 11.6 Å². The number of carbonyl (C=O) groups is 1. The number of benzene rings is 1. The molecule has 1 aromatic heterocycles. The SMILES string of the molecule is O=Cc1c(I)cc(Cl)c2ccsc12. The van der Waals surface area contributed by atoms with Gasteiger partial charge in [0.1, 0.15) is 0 Å². The molecule has 0 bridgehead atoms. The minimum Gasteiger partial charge on any atom is -0.298 e. The number of hydrogen-bond acceptors (Lipinski definition) is 2. The Hall–Kier alpha value is -0.130. The van der Waals surface area contributed by atoms with Gasteiger partial charge in [-0.2, -0.15) is 0 Å². The van der Waals surface area contributed by atoms with Gasteiger partial charge in [-0.3, -0.25) is 4.79 Å². The zero-order valence-electron chi connectivity index (χ0n) is 6.38. The van der Waals surface area contributed by atoms with Crippen LogP contribution in [0, 0.1) is 3.57 Å². The van der Waals surface area contributed by atoms with Gasteiger partial charge in [-0.25, -0.2) is 0 Å². The summed E-state index contributed by atoms with van der Waals surface area (Å²) in [5.41, 5.74) is 0.745. The third kappa shape index (κ3) is 1.49. The van der Waals surface area contributed by atoms with Crippen molar-refractivity contribution in [3.63, 3.8) is 0 Å². The highest BCUT2D eigenvalue weighted by Gasteiger charge is 2.09. The lowest BCUT2D eigenvalue weighted by Gasteiger charge is -2.00. The Labute approximate surface area is 97.8 Å². The van der Waals surface area contributed by atoms with Gasteiger partial charge < -0.3 is 0 Å². The highest BCUT2D eigenvalue weighted by atomic mass is 127. The molecule has 0 radical (unpaired) electrons. The maximum absolute atomic E-state index is 10.8. The molecular formula is C9H4ClIOS. The zero-order valence-corrected chi connectivity index (χ0v) is 10.1. The van der Waals surface area contributed by atoms with Crippen LogP contribution in [-0.2, 0) is 0 Å². The van der Waals surface area contributed by atoms with E-state index in [0.29, 0.717) is 5.02 Å². The fourth-order valence-corrected chi connectivity index (χ4v) is 3.52. The Kier molecular flexibility index (Phi) is 2.58. The minimum absolute atomic E-state index is 0.714. The molecule has 0 aliphatic rings. The lowest BCUT2D eigenvalue weighted by molar-refractivity contribution is 0.112. The van der Waals surface area contributed by atoms with Crippen molar-refractivity contribution in [2.45, 2.75) is 0 Å². The monoisotopic (exact) mass is 322 g/mol. The quantitative estimate of drug-likeness (QED) is 0.573. The van der Waals surface area contributed by atoms with E-state index in [1.54, 1.807) is 11.3 Å². The van der Waals surface area contributed by atoms with Crippen molar-refractivity contribution in [2.75, 3.05) is 0 Å². The van der Waals surface area contributed by atoms with Crippen LogP contribution in [0.3, 0.4) is 0 Å². The van der Waals surface area contributed by atoms with Crippen molar-refractivity contribution in [3.8, 4) is 0 Å². The summed E-state index contributed by atoms with van der Waals surface area (Å²) in [6.07, 6.45) is 0.886. The summed E-state index contributed by atoms with van der Waals surface area (Å²) in [6.45, 7) is 0. The molecule has 66 valence electrons. The summed E-state index contributed by atoms with van der Waals surface area (Å²) < 4.78 is 1.89. The Morgan fingerprint density at radius 1 is 1.54 bits per heavy atom. The Morgan fingerprint density at radius 3 is 3.00 bits per heavy atom. The molecule has 4 heteroatoms. The maximum Gasteiger partial charge on any atom is 0.152 e. The second-order valence-electron chi connectivity index (χ2n) is 2.54. The summed E-state index contributed by atoms with van der Waals surface area (Å²) in [5.74, 6) is 0. The lowest BCUT2D eigenvalue weighted by Crippen LogP contribution is -1.85. The number of halogens is 2. The van der Waals surface area contributed by atoms with Crippen LogP contribution in [0.2, 0.25) is 5.02 Å². The average molecular weight is 323 g/mol. The van der Waals surface area contributed by atoms with E-state index in [2.05, 4.69) is 22.6 Å². The number of aldehydes is 1. The first-order valence-corrected chi connectivity index (χ1v) is 5.88. The van der Waals surface area contributed by atoms with Crippen LogP contribution in [0.1, 0.15) is 10.4 Å². The predicted octanol–water partition coefficient (Wildman–Crippen LogP) is 3.97. The van der Waals surface area contributed by atoms with E-state index in [4.69, 9.17) is 11.6 Å². The topological polar surface area (TPSA) is 17.1 Å². The number of rotatable bonds is 1. The second-order valence-corrected chi connectivity index (χ2v) is 5.02. The maximum atomic E-state index is 10.8. The molecule has 0 fully saturated rings. The molecule has 13 heavy (non-hydrogen) atoms. The van der Waals surface area contributed by atoms with E-state index in [1.807, 2.05) is 17.5 Å². The van der Waals surface area contributed by atoms with E-state index in [0.717, 1.165) is 25.5 Å². The molecule has 0 amide bonds. The molecule has 0 saturated heterocycles. The minimum atomic E-state index is 0.714. The van der Waals surface area contributed by atoms with Gasteiger partial charge in [0.05, 0.1) is 5.02 Å². The Morgan fingerprint density at radius 2 is 2.31 bits per heavy atom. The molecule has 2 rings (SSSR count). The number of hydrogen-bond donors (Lipinski definition) is 0. The second kappa shape index (κ2) is 3.55. The molecule has 0 saturated carbocycles. The molecule has 1 aromatic carbocycles. The molecular weight excluding hydrogens is 319 g/mol. The van der Waals surface area contributed by atoms with Crippen LogP contribution < -0.4 is 0 Å². The molecule has 0 aliphatic carbocycles. The van der Waals surface area contributed by atoms with Crippen LogP contribution in [-0.4, -0.2) is 6.29 Å². The van der Waals surface area contributed by atoms with E-state index < -0.39 is 0 Å². The van der Waals surface area contributed by atoms with E-state index in [-0.39, 0.29) is 0 Å². The van der Waals surface area contributed by atoms with Gasteiger partial charge in [-0.15, -0.1) is 11.3 Å². The molecule has 2 aromatic rings. The highest BCUT2D eigenvalue weighted by Crippen LogP contribution is 2.33. The molecule has 0 aliphatic heterocycles. The van der Waals surface area contributed by atoms with Crippen molar-refractivity contribution < 1.29 is 4.79 Å². The van der Waals surface area contributed by atoms with Crippen molar-refractivity contribution in [3.05, 3.63) is 31.7 Å². The van der Waals surface area contributed by atoms with Gasteiger partial charge in [0.15, 0.2) is 6.29 Å². The van der Waals surface area contributed by atoms with Crippen LogP contribution in [0.4, 0.5) is 0 Å². The summed E-state index contributed by atoms with van der Waals surface area (Å²) in [6, 6.07) is 3.76. The third-order valence-electron chi connectivity index (χ3n) is 1.80. The summed E-state index contributed by atoms with van der Waals surface area (Å²) in [5, 5.41) is 3.63. The summed E-state index contributed by atoms with van der Waals surface area (Å²) in [4.78, 5) is 10.8. The largest absolute Gasteiger partial charge is 0.298 e. The fourth-order valence-electron chi connectivity index (χ4n) is 1.19. The van der Waals surface area contributed by atoms with E-state index in [9.17, 15) is 4.79 Å². The van der Waals surface area contributed by atoms with Gasteiger partial charge in [-0.05, 0) is 40.1 Å². The molecule has 1 nitrogen and oxygen atoms in total. The highest BCUT2D eigenvalue weighted by molar-refractivity contribution is 14.1. The van der Waals surface area contributed by atoms with E-state index >= 15 is 0 Å². The molecule has 0 atom stereocenters. The van der Waals surface area contributed by atoms with Crippen LogP contribution in [0.5, 0.6) is 0 Å². The van der Waals surface area contributed by atoms with Crippen molar-refractivity contribution in [2.24, 2.45) is 0 Å². The summed E-state index contributed by atoms with van der Waals surface area (Å²) >= 11 is 9.69. The zero-order chi connectivity index (χ0) is 9.42. The standard InChI is InChI=1S/C9H4ClIOS/c10-7-3-8(11)6(4-12)9-5(7)1-2-13-9/h1-4H. The smallest absolute Gasteiger partial charge is 0.152 e. The Balaban J connectivity index is 2.96. The lowest BCUT2D eigenvalue weighted by atomic mass is 10.2. The van der Waals surface area contributed by atoms with Crippen LogP contribution >= 0.6 is 45.5 Å². The predicted molar refractivity (Wildman–Crippen MR) is 64.9 cm³/mol. The van der Waals surface area contributed by atoms with Crippen molar-refractivity contribution in [1.82, 2.24) is 0 Å². The first-order valence-electron chi connectivity index (χ1n) is 3.54. The van der Waals surface area contributed by atoms with Gasteiger partial charge in [0, 0.05) is 19.2 Å². The average Bonchev–Trinajstić information content (AvgIpc) is 2.53. The van der Waals surface area contributed by atoms with Crippen molar-refractivity contribution >= 4 is 61.9 Å². The van der Waals surface area contributed by atoms with Crippen LogP contribution in [0.15, 0.2) is 17.5 Å². The number of thiophene rings is 1. The first kappa shape index (κ1) is 9.43. The molecule has 0 unspecified atom stereocenters. The molecule has 0 N–H and O–H groups in total. The van der Waals surface area contributed by atoms with Gasteiger partial charge in [0.25, 0.3) is 0 Å². The van der Waals surface area contributed by atoms with Crippen molar-refractivity contribution in [1.29, 1.82) is 0 Å². The molecule has 1 heterocycles. The number of fused-ring (bicyclic) bond motifs is 1. The first-order chi connectivity index (χ1) is 6.24. The van der Waals surface area contributed by atoms with Gasteiger partial charge >= 0.3 is 0 Å². The van der Waals surface area contributed by atoms with Gasteiger partial charge in [0.2, 0.25) is 0 Å². The summed E-state index contributed by atoms with van der Waals surface area (Å²) in [7, 11) is 0.